The van der Waals surface area contributed by atoms with E-state index >= 15 is 0 Å². The quantitative estimate of drug-likeness (QED) is 0.842. The molecule has 2 heterocycles. The molecule has 1 fully saturated rings. The summed E-state index contributed by atoms with van der Waals surface area (Å²) in [5.74, 6) is 0.0582. The molecule has 1 aliphatic heterocycles. The Morgan fingerprint density at radius 3 is 2.75 bits per heavy atom. The fourth-order valence-electron chi connectivity index (χ4n) is 2.44. The van der Waals surface area contributed by atoms with Gasteiger partial charge in [0.05, 0.1) is 12.3 Å². The van der Waals surface area contributed by atoms with E-state index in [1.807, 2.05) is 31.2 Å². The number of thiazole rings is 1. The van der Waals surface area contributed by atoms with Crippen molar-refractivity contribution in [1.29, 1.82) is 0 Å². The van der Waals surface area contributed by atoms with Crippen LogP contribution in [0.15, 0.2) is 24.3 Å². The van der Waals surface area contributed by atoms with Gasteiger partial charge < -0.3 is 14.8 Å². The van der Waals surface area contributed by atoms with Crippen LogP contribution in [0.25, 0.3) is 10.6 Å². The lowest BCUT2D eigenvalue weighted by atomic mass is 10.2. The highest BCUT2D eigenvalue weighted by molar-refractivity contribution is 7.17. The molecule has 1 amide bonds. The van der Waals surface area contributed by atoms with Crippen molar-refractivity contribution in [2.45, 2.75) is 26.4 Å². The van der Waals surface area contributed by atoms with Crippen molar-refractivity contribution in [3.8, 4) is 16.3 Å². The number of rotatable bonds is 5. The maximum absolute atomic E-state index is 12.3. The molecule has 1 aromatic carbocycles. The first-order chi connectivity index (χ1) is 11.6. The summed E-state index contributed by atoms with van der Waals surface area (Å²) in [5, 5.41) is 3.38. The number of hydrogen-bond acceptors (Lipinski definition) is 6. The second kappa shape index (κ2) is 7.00. The molecule has 0 aliphatic carbocycles. The molecule has 24 heavy (non-hydrogen) atoms. The zero-order valence-electron chi connectivity index (χ0n) is 13.5. The molecular formula is C17H18N2O4S. The fourth-order valence-corrected chi connectivity index (χ4v) is 3.39. The molecular weight excluding hydrogens is 328 g/mol. The Morgan fingerprint density at radius 1 is 1.38 bits per heavy atom. The van der Waals surface area contributed by atoms with Gasteiger partial charge in [0, 0.05) is 18.5 Å². The number of nitrogens with zero attached hydrogens (tertiary/aromatic N) is 1. The summed E-state index contributed by atoms with van der Waals surface area (Å²) in [4.78, 5) is 28.7. The first kappa shape index (κ1) is 16.4. The van der Waals surface area contributed by atoms with E-state index < -0.39 is 12.1 Å². The van der Waals surface area contributed by atoms with Crippen molar-refractivity contribution in [2.24, 2.45) is 0 Å². The van der Waals surface area contributed by atoms with Crippen LogP contribution in [-0.4, -0.2) is 36.1 Å². The zero-order chi connectivity index (χ0) is 17.1. The van der Waals surface area contributed by atoms with Gasteiger partial charge in [0.2, 0.25) is 0 Å². The molecule has 0 bridgehead atoms. The Labute approximate surface area is 143 Å². The maximum atomic E-state index is 12.3. The topological polar surface area (TPSA) is 77.5 Å². The van der Waals surface area contributed by atoms with Crippen LogP contribution in [0.2, 0.25) is 0 Å². The van der Waals surface area contributed by atoms with E-state index in [0.29, 0.717) is 30.1 Å². The summed E-state index contributed by atoms with van der Waals surface area (Å²) >= 11 is 1.27. The number of ether oxygens (including phenoxy) is 2. The van der Waals surface area contributed by atoms with Crippen molar-refractivity contribution < 1.29 is 19.1 Å². The highest BCUT2D eigenvalue weighted by atomic mass is 32.1. The minimum Gasteiger partial charge on any atom is -0.494 e. The molecule has 6 nitrogen and oxygen atoms in total. The summed E-state index contributed by atoms with van der Waals surface area (Å²) in [7, 11) is 0. The molecule has 126 valence electrons. The number of benzene rings is 1. The Balaban J connectivity index is 1.76. The Morgan fingerprint density at radius 2 is 2.12 bits per heavy atom. The number of nitrogens with one attached hydrogen (secondary N) is 1. The van der Waals surface area contributed by atoms with E-state index in [1.54, 1.807) is 6.92 Å². The monoisotopic (exact) mass is 346 g/mol. The van der Waals surface area contributed by atoms with E-state index in [1.165, 1.54) is 11.3 Å². The number of hydrogen-bond donors (Lipinski definition) is 1. The summed E-state index contributed by atoms with van der Waals surface area (Å²) in [6, 6.07) is 7.55. The fraction of sp³-hybridized carbons (Fsp3) is 0.353. The molecule has 0 radical (unpaired) electrons. The van der Waals surface area contributed by atoms with E-state index in [9.17, 15) is 9.59 Å². The second-order valence-electron chi connectivity index (χ2n) is 5.36. The predicted octanol–water partition coefficient (Wildman–Crippen LogP) is 2.56. The first-order valence-electron chi connectivity index (χ1n) is 7.78. The zero-order valence-corrected chi connectivity index (χ0v) is 14.3. The van der Waals surface area contributed by atoms with Crippen LogP contribution in [0.3, 0.4) is 0 Å². The normalized spacial score (nSPS) is 16.8. The number of carbonyl (C=O) groups excluding carboxylic acids is 2. The summed E-state index contributed by atoms with van der Waals surface area (Å²) in [5.41, 5.74) is 1.51. The Bertz CT molecular complexity index is 754. The van der Waals surface area contributed by atoms with Crippen molar-refractivity contribution in [3.05, 3.63) is 34.8 Å². The van der Waals surface area contributed by atoms with Gasteiger partial charge in [-0.3, -0.25) is 4.79 Å². The third-order valence-electron chi connectivity index (χ3n) is 3.64. The molecule has 1 atom stereocenters. The van der Waals surface area contributed by atoms with Crippen LogP contribution >= 0.6 is 11.3 Å². The number of aromatic nitrogens is 1. The van der Waals surface area contributed by atoms with Gasteiger partial charge in [0.25, 0.3) is 5.91 Å². The van der Waals surface area contributed by atoms with Crippen molar-refractivity contribution in [3.63, 3.8) is 0 Å². The molecule has 1 aromatic heterocycles. The summed E-state index contributed by atoms with van der Waals surface area (Å²) in [6.07, 6.45) is -0.193. The molecule has 1 N–H and O–H groups in total. The van der Waals surface area contributed by atoms with Gasteiger partial charge in [-0.05, 0) is 38.1 Å². The van der Waals surface area contributed by atoms with Crippen molar-refractivity contribution in [1.82, 2.24) is 10.3 Å². The summed E-state index contributed by atoms with van der Waals surface area (Å²) in [6.45, 7) is 4.84. The second-order valence-corrected chi connectivity index (χ2v) is 6.36. The van der Waals surface area contributed by atoms with Crippen LogP contribution in [0.4, 0.5) is 0 Å². The molecule has 0 saturated carbocycles. The standard InChI is InChI=1S/C17H18N2O4S/c1-3-22-12-6-4-11(5-7-12)16-19-10(2)14(24-16)17(21)23-13-8-9-18-15(13)20/h4-7,13H,3,8-9H2,1-2H3,(H,18,20). The highest BCUT2D eigenvalue weighted by Gasteiger charge is 2.29. The highest BCUT2D eigenvalue weighted by Crippen LogP contribution is 2.30. The largest absolute Gasteiger partial charge is 0.494 e. The molecule has 1 aliphatic rings. The van der Waals surface area contributed by atoms with E-state index in [0.717, 1.165) is 16.3 Å². The smallest absolute Gasteiger partial charge is 0.351 e. The van der Waals surface area contributed by atoms with E-state index in [2.05, 4.69) is 10.3 Å². The lowest BCUT2D eigenvalue weighted by Gasteiger charge is -2.07. The average Bonchev–Trinajstić information content (AvgIpc) is 3.15. The number of esters is 1. The lowest BCUT2D eigenvalue weighted by Crippen LogP contribution is -2.27. The summed E-state index contributed by atoms with van der Waals surface area (Å²) < 4.78 is 10.7. The van der Waals surface area contributed by atoms with Crippen molar-refractivity contribution >= 4 is 23.2 Å². The molecule has 1 unspecified atom stereocenters. The van der Waals surface area contributed by atoms with Gasteiger partial charge in [-0.2, -0.15) is 0 Å². The van der Waals surface area contributed by atoms with Crippen LogP contribution < -0.4 is 10.1 Å². The van der Waals surface area contributed by atoms with Gasteiger partial charge in [0.1, 0.15) is 15.6 Å². The molecule has 2 aromatic rings. The number of aryl methyl sites for hydroxylation is 1. The third-order valence-corrected chi connectivity index (χ3v) is 4.83. The Hall–Kier alpha value is -2.41. The Kier molecular flexibility index (Phi) is 4.80. The van der Waals surface area contributed by atoms with Gasteiger partial charge in [-0.1, -0.05) is 0 Å². The van der Waals surface area contributed by atoms with Crippen LogP contribution in [0.1, 0.15) is 28.7 Å². The van der Waals surface area contributed by atoms with Crippen LogP contribution in [0.5, 0.6) is 5.75 Å². The van der Waals surface area contributed by atoms with Gasteiger partial charge in [0.15, 0.2) is 6.10 Å². The van der Waals surface area contributed by atoms with Gasteiger partial charge >= 0.3 is 5.97 Å². The van der Waals surface area contributed by atoms with Crippen molar-refractivity contribution in [2.75, 3.05) is 13.2 Å². The number of amides is 1. The number of carbonyl (C=O) groups is 2. The van der Waals surface area contributed by atoms with E-state index in [-0.39, 0.29) is 5.91 Å². The molecule has 0 spiro atoms. The molecule has 1 saturated heterocycles. The van der Waals surface area contributed by atoms with Crippen LogP contribution in [0, 0.1) is 6.92 Å². The first-order valence-corrected chi connectivity index (χ1v) is 8.59. The average molecular weight is 346 g/mol. The lowest BCUT2D eigenvalue weighted by molar-refractivity contribution is -0.126. The van der Waals surface area contributed by atoms with Crippen LogP contribution in [-0.2, 0) is 9.53 Å². The minimum atomic E-state index is -0.701. The SMILES string of the molecule is CCOc1ccc(-c2nc(C)c(C(=O)OC3CCNC3=O)s2)cc1. The van der Waals surface area contributed by atoms with Gasteiger partial charge in [-0.15, -0.1) is 11.3 Å². The van der Waals surface area contributed by atoms with E-state index in [4.69, 9.17) is 9.47 Å². The van der Waals surface area contributed by atoms with Gasteiger partial charge in [-0.25, -0.2) is 9.78 Å². The molecule has 7 heteroatoms. The minimum absolute atomic E-state index is 0.239. The molecule has 3 rings (SSSR count). The predicted molar refractivity (Wildman–Crippen MR) is 90.3 cm³/mol. The third kappa shape index (κ3) is 3.41. The maximum Gasteiger partial charge on any atom is 0.351 e.